The second kappa shape index (κ2) is 8.72. The minimum absolute atomic E-state index is 0.0546. The largest absolute Gasteiger partial charge is 0.453 e. The van der Waals surface area contributed by atoms with Gasteiger partial charge in [-0.2, -0.15) is 0 Å². The van der Waals surface area contributed by atoms with Crippen molar-refractivity contribution in [2.45, 2.75) is 32.7 Å². The molecule has 27 heavy (non-hydrogen) atoms. The van der Waals surface area contributed by atoms with E-state index in [-0.39, 0.29) is 12.1 Å². The van der Waals surface area contributed by atoms with Gasteiger partial charge < -0.3 is 9.64 Å². The molecule has 0 saturated carbocycles. The summed E-state index contributed by atoms with van der Waals surface area (Å²) >= 11 is 0. The standard InChI is InChI=1S/C24H27NO2/c1-18-9-6-10-20(17-18)11-8-16-25(24(26)27-3)19(2)22-15-7-13-21-12-4-5-14-23(21)22/h4-7,9-10,12-15,17,19H,8,11,16H2,1-3H3/t19-/m1/s1. The van der Waals surface area contributed by atoms with Crippen LogP contribution in [0.15, 0.2) is 66.7 Å². The molecule has 1 amide bonds. The molecule has 3 heteroatoms. The number of amides is 1. The van der Waals surface area contributed by atoms with Crippen LogP contribution in [-0.4, -0.2) is 24.6 Å². The molecule has 3 rings (SSSR count). The van der Waals surface area contributed by atoms with Crippen molar-refractivity contribution in [2.75, 3.05) is 13.7 Å². The number of hydrogen-bond acceptors (Lipinski definition) is 2. The Labute approximate surface area is 161 Å². The highest BCUT2D eigenvalue weighted by Gasteiger charge is 2.23. The van der Waals surface area contributed by atoms with E-state index in [0.717, 1.165) is 18.4 Å². The molecule has 0 heterocycles. The summed E-state index contributed by atoms with van der Waals surface area (Å²) in [7, 11) is 1.45. The number of carbonyl (C=O) groups excluding carboxylic acids is 1. The molecule has 0 saturated heterocycles. The third-order valence-corrected chi connectivity index (χ3v) is 5.10. The molecule has 0 bridgehead atoms. The Hall–Kier alpha value is -2.81. The number of benzene rings is 3. The summed E-state index contributed by atoms with van der Waals surface area (Å²) in [5.41, 5.74) is 3.72. The van der Waals surface area contributed by atoms with Gasteiger partial charge in [-0.15, -0.1) is 0 Å². The lowest BCUT2D eigenvalue weighted by atomic mass is 9.98. The molecule has 0 unspecified atom stereocenters. The van der Waals surface area contributed by atoms with Gasteiger partial charge in [0.2, 0.25) is 0 Å². The van der Waals surface area contributed by atoms with Gasteiger partial charge in [0.1, 0.15) is 0 Å². The Balaban J connectivity index is 1.78. The molecule has 0 spiro atoms. The van der Waals surface area contributed by atoms with Crippen molar-refractivity contribution in [3.63, 3.8) is 0 Å². The summed E-state index contributed by atoms with van der Waals surface area (Å²) in [5.74, 6) is 0. The Morgan fingerprint density at radius 3 is 2.56 bits per heavy atom. The van der Waals surface area contributed by atoms with Crippen LogP contribution in [0, 0.1) is 6.92 Å². The zero-order valence-electron chi connectivity index (χ0n) is 16.3. The van der Waals surface area contributed by atoms with E-state index in [0.29, 0.717) is 6.54 Å². The Morgan fingerprint density at radius 1 is 1.04 bits per heavy atom. The predicted molar refractivity (Wildman–Crippen MR) is 111 cm³/mol. The monoisotopic (exact) mass is 361 g/mol. The van der Waals surface area contributed by atoms with E-state index in [1.165, 1.54) is 29.0 Å². The van der Waals surface area contributed by atoms with Crippen molar-refractivity contribution in [2.24, 2.45) is 0 Å². The highest BCUT2D eigenvalue weighted by Crippen LogP contribution is 2.28. The van der Waals surface area contributed by atoms with E-state index < -0.39 is 0 Å². The number of hydrogen-bond donors (Lipinski definition) is 0. The molecule has 0 aliphatic carbocycles. The van der Waals surface area contributed by atoms with Gasteiger partial charge in [-0.25, -0.2) is 4.79 Å². The fourth-order valence-electron chi connectivity index (χ4n) is 3.66. The van der Waals surface area contributed by atoms with E-state index >= 15 is 0 Å². The maximum absolute atomic E-state index is 12.5. The van der Waals surface area contributed by atoms with Crippen LogP contribution >= 0.6 is 0 Å². The zero-order valence-corrected chi connectivity index (χ0v) is 16.3. The Bertz CT molecular complexity index is 914. The van der Waals surface area contributed by atoms with Gasteiger partial charge in [0.05, 0.1) is 13.2 Å². The molecule has 0 radical (unpaired) electrons. The van der Waals surface area contributed by atoms with E-state index in [1.807, 2.05) is 17.0 Å². The quantitative estimate of drug-likeness (QED) is 0.546. The van der Waals surface area contributed by atoms with Gasteiger partial charge in [0.25, 0.3) is 0 Å². The maximum atomic E-state index is 12.5. The smallest absolute Gasteiger partial charge is 0.409 e. The third-order valence-electron chi connectivity index (χ3n) is 5.10. The molecule has 0 aromatic heterocycles. The van der Waals surface area contributed by atoms with Gasteiger partial charge in [-0.1, -0.05) is 72.3 Å². The normalized spacial score (nSPS) is 12.0. The van der Waals surface area contributed by atoms with E-state index in [2.05, 4.69) is 68.4 Å². The van der Waals surface area contributed by atoms with Crippen molar-refractivity contribution in [3.8, 4) is 0 Å². The third kappa shape index (κ3) is 4.48. The van der Waals surface area contributed by atoms with Gasteiger partial charge >= 0.3 is 6.09 Å². The first kappa shape index (κ1) is 19.0. The van der Waals surface area contributed by atoms with Crippen LogP contribution in [0.4, 0.5) is 4.79 Å². The fourth-order valence-corrected chi connectivity index (χ4v) is 3.66. The van der Waals surface area contributed by atoms with Gasteiger partial charge in [-0.05, 0) is 48.6 Å². The number of fused-ring (bicyclic) bond motifs is 1. The number of methoxy groups -OCH3 is 1. The van der Waals surface area contributed by atoms with Crippen LogP contribution in [-0.2, 0) is 11.2 Å². The minimum Gasteiger partial charge on any atom is -0.453 e. The molecule has 0 fully saturated rings. The molecule has 0 N–H and O–H groups in total. The predicted octanol–water partition coefficient (Wildman–Crippen LogP) is 5.91. The topological polar surface area (TPSA) is 29.5 Å². The molecule has 140 valence electrons. The molecule has 3 aromatic carbocycles. The van der Waals surface area contributed by atoms with Crippen molar-refractivity contribution in [1.82, 2.24) is 4.90 Å². The summed E-state index contributed by atoms with van der Waals surface area (Å²) in [6, 6.07) is 23.0. The van der Waals surface area contributed by atoms with Crippen molar-refractivity contribution in [1.29, 1.82) is 0 Å². The Morgan fingerprint density at radius 2 is 1.78 bits per heavy atom. The van der Waals surface area contributed by atoms with Gasteiger partial charge in [0, 0.05) is 6.54 Å². The van der Waals surface area contributed by atoms with E-state index in [4.69, 9.17) is 4.74 Å². The summed E-state index contributed by atoms with van der Waals surface area (Å²) in [5, 5.41) is 2.37. The molecule has 0 aliphatic heterocycles. The number of ether oxygens (including phenoxy) is 1. The molecule has 0 aliphatic rings. The summed E-state index contributed by atoms with van der Waals surface area (Å²) in [4.78, 5) is 14.3. The van der Waals surface area contributed by atoms with Gasteiger partial charge in [0.15, 0.2) is 0 Å². The van der Waals surface area contributed by atoms with Crippen molar-refractivity contribution in [3.05, 3.63) is 83.4 Å². The van der Waals surface area contributed by atoms with Crippen LogP contribution in [0.5, 0.6) is 0 Å². The summed E-state index contributed by atoms with van der Waals surface area (Å²) in [6.07, 6.45) is 1.56. The number of carbonyl (C=O) groups is 1. The summed E-state index contributed by atoms with van der Waals surface area (Å²) < 4.78 is 5.08. The molecular weight excluding hydrogens is 334 g/mol. The van der Waals surface area contributed by atoms with Crippen molar-refractivity contribution >= 4 is 16.9 Å². The first-order valence-corrected chi connectivity index (χ1v) is 9.48. The van der Waals surface area contributed by atoms with Crippen LogP contribution in [0.1, 0.15) is 36.1 Å². The van der Waals surface area contributed by atoms with E-state index in [1.54, 1.807) is 0 Å². The molecular formula is C24H27NO2. The fraction of sp³-hybridized carbons (Fsp3) is 0.292. The second-order valence-corrected chi connectivity index (χ2v) is 7.00. The first-order valence-electron chi connectivity index (χ1n) is 9.48. The lowest BCUT2D eigenvalue weighted by Gasteiger charge is -2.29. The number of nitrogens with zero attached hydrogens (tertiary/aromatic N) is 1. The van der Waals surface area contributed by atoms with Crippen LogP contribution in [0.2, 0.25) is 0 Å². The SMILES string of the molecule is COC(=O)N(CCCc1cccc(C)c1)[C@H](C)c1cccc2ccccc12. The number of aryl methyl sites for hydroxylation is 2. The van der Waals surface area contributed by atoms with Crippen molar-refractivity contribution < 1.29 is 9.53 Å². The molecule has 1 atom stereocenters. The lowest BCUT2D eigenvalue weighted by molar-refractivity contribution is 0.108. The van der Waals surface area contributed by atoms with E-state index in [9.17, 15) is 4.79 Å². The lowest BCUT2D eigenvalue weighted by Crippen LogP contribution is -2.34. The highest BCUT2D eigenvalue weighted by molar-refractivity contribution is 5.86. The second-order valence-electron chi connectivity index (χ2n) is 7.00. The summed E-state index contributed by atoms with van der Waals surface area (Å²) in [6.45, 7) is 4.84. The number of rotatable bonds is 6. The van der Waals surface area contributed by atoms with Crippen LogP contribution in [0.25, 0.3) is 10.8 Å². The minimum atomic E-state index is -0.278. The molecule has 3 aromatic rings. The zero-order chi connectivity index (χ0) is 19.2. The molecule has 3 nitrogen and oxygen atoms in total. The average Bonchev–Trinajstić information content (AvgIpc) is 2.70. The highest BCUT2D eigenvalue weighted by atomic mass is 16.5. The van der Waals surface area contributed by atoms with Gasteiger partial charge in [-0.3, -0.25) is 0 Å². The van der Waals surface area contributed by atoms with Crippen LogP contribution in [0.3, 0.4) is 0 Å². The average molecular weight is 361 g/mol. The first-order chi connectivity index (χ1) is 13.1. The Kier molecular flexibility index (Phi) is 6.12. The maximum Gasteiger partial charge on any atom is 0.409 e. The van der Waals surface area contributed by atoms with Crippen LogP contribution < -0.4 is 0 Å².